The average molecular weight is 332 g/mol. The minimum Gasteiger partial charge on any atom is -0.481 e. The van der Waals surface area contributed by atoms with Crippen molar-refractivity contribution in [1.82, 2.24) is 4.72 Å². The first-order chi connectivity index (χ1) is 9.90. The molecule has 5 nitrogen and oxygen atoms in total. The number of halogens is 1. The summed E-state index contributed by atoms with van der Waals surface area (Å²) in [5, 5.41) is 9.74. The molecule has 7 heteroatoms. The molecule has 2 unspecified atom stereocenters. The molecule has 1 aliphatic carbocycles. The van der Waals surface area contributed by atoms with Crippen LogP contribution in [0.5, 0.6) is 0 Å². The van der Waals surface area contributed by atoms with E-state index in [1.54, 1.807) is 0 Å². The number of benzene rings is 1. The van der Waals surface area contributed by atoms with Crippen molar-refractivity contribution in [3.05, 3.63) is 29.3 Å². The van der Waals surface area contributed by atoms with Crippen molar-refractivity contribution in [1.29, 1.82) is 0 Å². The van der Waals surface area contributed by atoms with E-state index in [9.17, 15) is 18.3 Å². The molecule has 0 spiro atoms. The largest absolute Gasteiger partial charge is 0.481 e. The lowest BCUT2D eigenvalue weighted by molar-refractivity contribution is -0.142. The van der Waals surface area contributed by atoms with Crippen LogP contribution in [0.15, 0.2) is 29.2 Å². The van der Waals surface area contributed by atoms with Gasteiger partial charge in [-0.15, -0.1) is 0 Å². The Morgan fingerprint density at radius 1 is 1.14 bits per heavy atom. The van der Waals surface area contributed by atoms with E-state index in [2.05, 4.69) is 4.72 Å². The molecule has 2 rings (SSSR count). The standard InChI is InChI=1S/C14H18ClNO4S/c15-10-6-8-11(9-7-10)21(19,20)16-13-5-3-1-2-4-12(13)14(17)18/h6-9,12-13,16H,1-5H2,(H,17,18). The van der Waals surface area contributed by atoms with Gasteiger partial charge >= 0.3 is 5.97 Å². The van der Waals surface area contributed by atoms with Gasteiger partial charge in [-0.3, -0.25) is 4.79 Å². The number of rotatable bonds is 4. The minimum absolute atomic E-state index is 0.0975. The molecular formula is C14H18ClNO4S. The average Bonchev–Trinajstić information content (AvgIpc) is 2.64. The molecule has 1 aromatic carbocycles. The second kappa shape index (κ2) is 6.77. The Balaban J connectivity index is 2.20. The summed E-state index contributed by atoms with van der Waals surface area (Å²) in [4.78, 5) is 11.4. The van der Waals surface area contributed by atoms with Crippen molar-refractivity contribution in [3.63, 3.8) is 0 Å². The number of sulfonamides is 1. The Hall–Kier alpha value is -1.11. The van der Waals surface area contributed by atoms with Gasteiger partial charge in [0.25, 0.3) is 0 Å². The Morgan fingerprint density at radius 2 is 1.76 bits per heavy atom. The number of carboxylic acid groups (broad SMARTS) is 1. The summed E-state index contributed by atoms with van der Waals surface area (Å²) in [5.74, 6) is -1.62. The first kappa shape index (κ1) is 16.3. The molecule has 0 aromatic heterocycles. The van der Waals surface area contributed by atoms with Crippen LogP contribution in [0.4, 0.5) is 0 Å². The molecule has 0 amide bonds. The normalized spacial score (nSPS) is 23.5. The summed E-state index contributed by atoms with van der Waals surface area (Å²) < 4.78 is 27.2. The fourth-order valence-corrected chi connectivity index (χ4v) is 4.06. The summed E-state index contributed by atoms with van der Waals surface area (Å²) in [6.45, 7) is 0. The molecule has 1 aliphatic rings. The highest BCUT2D eigenvalue weighted by Crippen LogP contribution is 2.25. The first-order valence-corrected chi connectivity index (χ1v) is 8.77. The number of hydrogen-bond acceptors (Lipinski definition) is 3. The quantitative estimate of drug-likeness (QED) is 0.831. The van der Waals surface area contributed by atoms with E-state index in [0.717, 1.165) is 19.3 Å². The Bertz CT molecular complexity index is 600. The van der Waals surface area contributed by atoms with E-state index in [1.807, 2.05) is 0 Å². The van der Waals surface area contributed by atoms with E-state index in [4.69, 9.17) is 11.6 Å². The number of hydrogen-bond donors (Lipinski definition) is 2. The third-order valence-electron chi connectivity index (χ3n) is 3.76. The molecule has 0 bridgehead atoms. The predicted octanol–water partition coefficient (Wildman–Crippen LogP) is 2.65. The van der Waals surface area contributed by atoms with E-state index in [-0.39, 0.29) is 4.90 Å². The van der Waals surface area contributed by atoms with Crippen LogP contribution < -0.4 is 4.72 Å². The third-order valence-corrected chi connectivity index (χ3v) is 5.52. The molecule has 116 valence electrons. The maximum atomic E-state index is 12.3. The van der Waals surface area contributed by atoms with Gasteiger partial charge in [0.2, 0.25) is 10.0 Å². The second-order valence-electron chi connectivity index (χ2n) is 5.26. The summed E-state index contributed by atoms with van der Waals surface area (Å²) in [7, 11) is -3.73. The highest BCUT2D eigenvalue weighted by Gasteiger charge is 2.32. The third kappa shape index (κ3) is 4.18. The smallest absolute Gasteiger partial charge is 0.308 e. The van der Waals surface area contributed by atoms with Gasteiger partial charge in [0.1, 0.15) is 0 Å². The zero-order valence-corrected chi connectivity index (χ0v) is 13.0. The predicted molar refractivity (Wildman–Crippen MR) is 79.8 cm³/mol. The van der Waals surface area contributed by atoms with Crippen LogP contribution in [0, 0.1) is 5.92 Å². The lowest BCUT2D eigenvalue weighted by Crippen LogP contribution is -2.42. The van der Waals surface area contributed by atoms with Crippen molar-refractivity contribution in [3.8, 4) is 0 Å². The maximum absolute atomic E-state index is 12.3. The molecular weight excluding hydrogens is 314 g/mol. The van der Waals surface area contributed by atoms with Crippen LogP contribution in [0.2, 0.25) is 5.02 Å². The van der Waals surface area contributed by atoms with E-state index >= 15 is 0 Å². The lowest BCUT2D eigenvalue weighted by Gasteiger charge is -2.22. The van der Waals surface area contributed by atoms with Gasteiger partial charge in [-0.1, -0.05) is 30.9 Å². The molecule has 2 atom stereocenters. The first-order valence-electron chi connectivity index (χ1n) is 6.91. The highest BCUT2D eigenvalue weighted by molar-refractivity contribution is 7.89. The van der Waals surface area contributed by atoms with Gasteiger partial charge in [-0.2, -0.15) is 0 Å². The Labute approximate surface area is 129 Å². The maximum Gasteiger partial charge on any atom is 0.308 e. The highest BCUT2D eigenvalue weighted by atomic mass is 35.5. The minimum atomic E-state index is -3.73. The Kier molecular flexibility index (Phi) is 5.24. The monoisotopic (exact) mass is 331 g/mol. The fraction of sp³-hybridized carbons (Fsp3) is 0.500. The summed E-state index contributed by atoms with van der Waals surface area (Å²) in [6, 6.07) is 5.26. The molecule has 0 aliphatic heterocycles. The molecule has 0 heterocycles. The Morgan fingerprint density at radius 3 is 2.38 bits per heavy atom. The zero-order valence-electron chi connectivity index (χ0n) is 11.5. The van der Waals surface area contributed by atoms with Gasteiger partial charge in [0.15, 0.2) is 0 Å². The van der Waals surface area contributed by atoms with Crippen LogP contribution in [0.1, 0.15) is 32.1 Å². The van der Waals surface area contributed by atoms with Gasteiger partial charge in [-0.25, -0.2) is 13.1 Å². The van der Waals surface area contributed by atoms with Crippen molar-refractivity contribution in [2.24, 2.45) is 5.92 Å². The number of nitrogens with one attached hydrogen (secondary N) is 1. The van der Waals surface area contributed by atoms with Crippen molar-refractivity contribution >= 4 is 27.6 Å². The molecule has 1 aromatic rings. The van der Waals surface area contributed by atoms with Gasteiger partial charge in [-0.05, 0) is 37.1 Å². The van der Waals surface area contributed by atoms with Gasteiger partial charge < -0.3 is 5.11 Å². The SMILES string of the molecule is O=C(O)C1CCCCCC1NS(=O)(=O)c1ccc(Cl)cc1. The van der Waals surface area contributed by atoms with Crippen LogP contribution in [0.3, 0.4) is 0 Å². The van der Waals surface area contributed by atoms with Crippen LogP contribution in [-0.2, 0) is 14.8 Å². The molecule has 0 saturated heterocycles. The van der Waals surface area contributed by atoms with Crippen molar-refractivity contribution in [2.75, 3.05) is 0 Å². The van der Waals surface area contributed by atoms with Gasteiger partial charge in [0, 0.05) is 11.1 Å². The van der Waals surface area contributed by atoms with Crippen molar-refractivity contribution < 1.29 is 18.3 Å². The summed E-state index contributed by atoms with van der Waals surface area (Å²) in [6.07, 6.45) is 3.63. The number of aliphatic carboxylic acids is 1. The molecule has 0 radical (unpaired) electrons. The van der Waals surface area contributed by atoms with E-state index < -0.39 is 28.0 Å². The van der Waals surface area contributed by atoms with Crippen LogP contribution in [0.25, 0.3) is 0 Å². The molecule has 1 fully saturated rings. The molecule has 2 N–H and O–H groups in total. The summed E-state index contributed by atoms with van der Waals surface area (Å²) in [5.41, 5.74) is 0. The fourth-order valence-electron chi connectivity index (χ4n) is 2.63. The van der Waals surface area contributed by atoms with Gasteiger partial charge in [0.05, 0.1) is 10.8 Å². The molecule has 1 saturated carbocycles. The zero-order chi connectivity index (χ0) is 15.5. The second-order valence-corrected chi connectivity index (χ2v) is 7.41. The molecule has 21 heavy (non-hydrogen) atoms. The van der Waals surface area contributed by atoms with E-state index in [0.29, 0.717) is 17.9 Å². The van der Waals surface area contributed by atoms with E-state index in [1.165, 1.54) is 24.3 Å². The van der Waals surface area contributed by atoms with Crippen LogP contribution in [-0.4, -0.2) is 25.5 Å². The topological polar surface area (TPSA) is 83.5 Å². The number of carboxylic acids is 1. The number of carbonyl (C=O) groups is 1. The lowest BCUT2D eigenvalue weighted by atomic mass is 9.96. The van der Waals surface area contributed by atoms with Crippen molar-refractivity contribution in [2.45, 2.75) is 43.0 Å². The summed E-state index contributed by atoms with van der Waals surface area (Å²) >= 11 is 5.75. The van der Waals surface area contributed by atoms with Crippen LogP contribution >= 0.6 is 11.6 Å².